The van der Waals surface area contributed by atoms with E-state index in [0.717, 1.165) is 32.8 Å². The fourth-order valence-electron chi connectivity index (χ4n) is 1.95. The van der Waals surface area contributed by atoms with Gasteiger partial charge in [0.05, 0.1) is 13.2 Å². The average molecular weight is 388 g/mol. The predicted molar refractivity (Wildman–Crippen MR) is 94.1 cm³/mol. The van der Waals surface area contributed by atoms with E-state index in [1.807, 2.05) is 0 Å². The minimum Gasteiger partial charge on any atom is -0.379 e. The van der Waals surface area contributed by atoms with Crippen molar-refractivity contribution in [1.29, 1.82) is 0 Å². The monoisotopic (exact) mass is 386 g/mol. The molecule has 7 nitrogen and oxygen atoms in total. The van der Waals surface area contributed by atoms with Crippen LogP contribution in [0.4, 0.5) is 0 Å². The summed E-state index contributed by atoms with van der Waals surface area (Å²) in [5.74, 6) is -0.879. The number of nitrogens with zero attached hydrogens (tertiary/aromatic N) is 2. The van der Waals surface area contributed by atoms with Crippen molar-refractivity contribution in [2.75, 3.05) is 39.4 Å². The van der Waals surface area contributed by atoms with E-state index in [1.54, 1.807) is 0 Å². The fraction of sp³-hybridized carbons (Fsp3) is 0.462. The number of hydrogen-bond acceptors (Lipinski definition) is 5. The number of carbonyl (C=O) groups excluding carboxylic acids is 2. The highest BCUT2D eigenvalue weighted by molar-refractivity contribution is 5.97. The van der Waals surface area contributed by atoms with E-state index in [2.05, 4.69) is 15.2 Å². The van der Waals surface area contributed by atoms with E-state index in [9.17, 15) is 9.59 Å². The first kappa shape index (κ1) is 24.1. The molecule has 0 saturated carbocycles. The highest BCUT2D eigenvalue weighted by atomic mass is 35.5. The molecule has 1 aromatic heterocycles. The van der Waals surface area contributed by atoms with Crippen LogP contribution in [0.3, 0.4) is 0 Å². The first-order chi connectivity index (χ1) is 9.66. The Morgan fingerprint density at radius 2 is 1.91 bits per heavy atom. The van der Waals surface area contributed by atoms with Crippen LogP contribution >= 0.6 is 37.2 Å². The predicted octanol–water partition coefficient (Wildman–Crippen LogP) is 0.508. The molecule has 0 spiro atoms. The quantitative estimate of drug-likeness (QED) is 0.767. The molecule has 0 aromatic carbocycles. The highest BCUT2D eigenvalue weighted by Crippen LogP contribution is 2.01. The number of halogens is 3. The molecule has 10 heteroatoms. The van der Waals surface area contributed by atoms with Gasteiger partial charge in [0.1, 0.15) is 5.69 Å². The highest BCUT2D eigenvalue weighted by Gasteiger charge is 2.12. The van der Waals surface area contributed by atoms with E-state index >= 15 is 0 Å². The molecule has 2 amide bonds. The summed E-state index contributed by atoms with van der Waals surface area (Å²) in [5.41, 5.74) is 5.64. The number of morpholine rings is 1. The summed E-state index contributed by atoms with van der Waals surface area (Å²) in [4.78, 5) is 29.1. The van der Waals surface area contributed by atoms with E-state index < -0.39 is 5.91 Å². The molecule has 1 aliphatic heterocycles. The molecule has 132 valence electrons. The summed E-state index contributed by atoms with van der Waals surface area (Å²) in [6, 6.07) is 2.87. The van der Waals surface area contributed by atoms with Gasteiger partial charge in [0.15, 0.2) is 0 Å². The molecule has 0 bridgehead atoms. The molecule has 2 rings (SSSR count). The summed E-state index contributed by atoms with van der Waals surface area (Å²) in [5, 5.41) is 2.78. The molecular weight excluding hydrogens is 367 g/mol. The second-order valence-electron chi connectivity index (χ2n) is 4.50. The number of nitrogens with one attached hydrogen (secondary N) is 1. The zero-order valence-corrected chi connectivity index (χ0v) is 14.8. The summed E-state index contributed by atoms with van der Waals surface area (Å²) < 4.78 is 5.25. The number of hydrogen-bond donors (Lipinski definition) is 2. The first-order valence-corrected chi connectivity index (χ1v) is 6.51. The Morgan fingerprint density at radius 3 is 2.52 bits per heavy atom. The standard InChI is InChI=1S/C13H18N4O3.3ClH/c14-12(18)10-1-2-15-11(9-10)13(19)16-3-4-17-5-7-20-8-6-17;;;/h1-2,9H,3-8H2,(H2,14,18)(H,16,19);3*1H. The lowest BCUT2D eigenvalue weighted by molar-refractivity contribution is 0.0383. The lowest BCUT2D eigenvalue weighted by Crippen LogP contribution is -2.41. The molecule has 1 aliphatic rings. The van der Waals surface area contributed by atoms with Crippen molar-refractivity contribution in [3.8, 4) is 0 Å². The van der Waals surface area contributed by atoms with Gasteiger partial charge in [0.2, 0.25) is 5.91 Å². The number of rotatable bonds is 5. The molecule has 0 aliphatic carbocycles. The summed E-state index contributed by atoms with van der Waals surface area (Å²) >= 11 is 0. The Hall–Kier alpha value is -1.12. The van der Waals surface area contributed by atoms with Crippen LogP contribution in [0.2, 0.25) is 0 Å². The van der Waals surface area contributed by atoms with Crippen molar-refractivity contribution in [2.45, 2.75) is 0 Å². The van der Waals surface area contributed by atoms with Gasteiger partial charge in [-0.3, -0.25) is 19.5 Å². The second kappa shape index (κ2) is 12.3. The van der Waals surface area contributed by atoms with Crippen LogP contribution in [0.25, 0.3) is 0 Å². The number of amides is 2. The van der Waals surface area contributed by atoms with Gasteiger partial charge in [-0.1, -0.05) is 0 Å². The number of ether oxygens (including phenoxy) is 1. The van der Waals surface area contributed by atoms with Crippen LogP contribution in [-0.4, -0.2) is 61.1 Å². The molecule has 0 atom stereocenters. The second-order valence-corrected chi connectivity index (χ2v) is 4.50. The fourth-order valence-corrected chi connectivity index (χ4v) is 1.95. The molecule has 1 fully saturated rings. The zero-order valence-electron chi connectivity index (χ0n) is 12.4. The molecule has 2 heterocycles. The molecule has 23 heavy (non-hydrogen) atoms. The third-order valence-electron chi connectivity index (χ3n) is 3.09. The smallest absolute Gasteiger partial charge is 0.269 e. The van der Waals surface area contributed by atoms with E-state index in [-0.39, 0.29) is 54.4 Å². The minimum atomic E-state index is -0.574. The Balaban J connectivity index is 0. The van der Waals surface area contributed by atoms with Crippen molar-refractivity contribution < 1.29 is 14.3 Å². The maximum atomic E-state index is 11.9. The van der Waals surface area contributed by atoms with Gasteiger partial charge in [-0.05, 0) is 12.1 Å². The third kappa shape index (κ3) is 7.81. The van der Waals surface area contributed by atoms with E-state index in [1.165, 1.54) is 18.3 Å². The van der Waals surface area contributed by atoms with Gasteiger partial charge in [0.25, 0.3) is 5.91 Å². The number of primary amides is 1. The zero-order chi connectivity index (χ0) is 14.4. The van der Waals surface area contributed by atoms with Crippen molar-refractivity contribution in [3.05, 3.63) is 29.6 Å². The SMILES string of the molecule is Cl.Cl.Cl.NC(=O)c1ccnc(C(=O)NCCN2CCOCC2)c1. The van der Waals surface area contributed by atoms with E-state index in [0.29, 0.717) is 6.54 Å². The van der Waals surface area contributed by atoms with Crippen molar-refractivity contribution >= 4 is 49.0 Å². The largest absolute Gasteiger partial charge is 0.379 e. The number of carbonyl (C=O) groups is 2. The topological polar surface area (TPSA) is 97.6 Å². The number of pyridine rings is 1. The molecule has 1 saturated heterocycles. The molecule has 3 N–H and O–H groups in total. The molecule has 1 aromatic rings. The van der Waals surface area contributed by atoms with Gasteiger partial charge in [-0.2, -0.15) is 0 Å². The van der Waals surface area contributed by atoms with Gasteiger partial charge in [0, 0.05) is 37.9 Å². The van der Waals surface area contributed by atoms with Crippen LogP contribution in [0.15, 0.2) is 18.3 Å². The lowest BCUT2D eigenvalue weighted by Gasteiger charge is -2.26. The molecule has 0 radical (unpaired) electrons. The van der Waals surface area contributed by atoms with Crippen LogP contribution in [0.1, 0.15) is 20.8 Å². The van der Waals surface area contributed by atoms with Crippen LogP contribution in [0.5, 0.6) is 0 Å². The van der Waals surface area contributed by atoms with Gasteiger partial charge >= 0.3 is 0 Å². The Labute approximate surface area is 153 Å². The van der Waals surface area contributed by atoms with Crippen LogP contribution in [-0.2, 0) is 4.74 Å². The van der Waals surface area contributed by atoms with Crippen LogP contribution < -0.4 is 11.1 Å². The Bertz CT molecular complexity index is 499. The van der Waals surface area contributed by atoms with Crippen molar-refractivity contribution in [3.63, 3.8) is 0 Å². The maximum absolute atomic E-state index is 11.9. The average Bonchev–Trinajstić information content (AvgIpc) is 2.48. The number of aromatic nitrogens is 1. The van der Waals surface area contributed by atoms with Crippen LogP contribution in [0, 0.1) is 0 Å². The van der Waals surface area contributed by atoms with Gasteiger partial charge < -0.3 is 15.8 Å². The summed E-state index contributed by atoms with van der Waals surface area (Å²) in [6.07, 6.45) is 1.40. The van der Waals surface area contributed by atoms with Gasteiger partial charge in [-0.15, -0.1) is 37.2 Å². The number of nitrogens with two attached hydrogens (primary N) is 1. The lowest BCUT2D eigenvalue weighted by atomic mass is 10.2. The van der Waals surface area contributed by atoms with Crippen molar-refractivity contribution in [2.24, 2.45) is 5.73 Å². The maximum Gasteiger partial charge on any atom is 0.269 e. The van der Waals surface area contributed by atoms with Crippen molar-refractivity contribution in [1.82, 2.24) is 15.2 Å². The molecule has 0 unspecified atom stereocenters. The minimum absolute atomic E-state index is 0. The summed E-state index contributed by atoms with van der Waals surface area (Å²) in [6.45, 7) is 4.52. The Kier molecular flexibility index (Phi) is 12.9. The van der Waals surface area contributed by atoms with E-state index in [4.69, 9.17) is 10.5 Å². The third-order valence-corrected chi connectivity index (χ3v) is 3.09. The normalized spacial score (nSPS) is 13.7. The van der Waals surface area contributed by atoms with Gasteiger partial charge in [-0.25, -0.2) is 0 Å². The summed E-state index contributed by atoms with van der Waals surface area (Å²) in [7, 11) is 0. The molecular formula is C13H21Cl3N4O3. The Morgan fingerprint density at radius 1 is 1.26 bits per heavy atom. The first-order valence-electron chi connectivity index (χ1n) is 6.51.